The molecule has 0 bridgehead atoms. The van der Waals surface area contributed by atoms with Crippen molar-refractivity contribution in [3.8, 4) is 0 Å². The molecule has 116 valence electrons. The third kappa shape index (κ3) is 3.45. The number of hydrogen-bond donors (Lipinski definition) is 0. The van der Waals surface area contributed by atoms with Gasteiger partial charge in [0, 0.05) is 12.8 Å². The second kappa shape index (κ2) is 6.44. The molecule has 0 unspecified atom stereocenters. The van der Waals surface area contributed by atoms with Gasteiger partial charge in [0.05, 0.1) is 5.56 Å². The smallest absolute Gasteiger partial charge is 0.325 e. The molecule has 3 rings (SSSR count). The molecule has 5 heteroatoms. The number of nitrogens with zero attached hydrogens (tertiary/aromatic N) is 1. The van der Waals surface area contributed by atoms with Gasteiger partial charge in [0.1, 0.15) is 0 Å². The van der Waals surface area contributed by atoms with Gasteiger partial charge in [-0.05, 0) is 29.7 Å². The summed E-state index contributed by atoms with van der Waals surface area (Å²) in [5.74, 6) is -1.67. The quantitative estimate of drug-likeness (QED) is 0.814. The molecule has 2 amide bonds. The van der Waals surface area contributed by atoms with Crippen LogP contribution in [-0.4, -0.2) is 22.8 Å². The molecule has 0 radical (unpaired) electrons. The molecule has 5 nitrogen and oxygen atoms in total. The molecular formula is C18H15NO4. The Labute approximate surface area is 133 Å². The van der Waals surface area contributed by atoms with Crippen molar-refractivity contribution in [3.63, 3.8) is 0 Å². The highest BCUT2D eigenvalue weighted by Crippen LogP contribution is 2.15. The van der Waals surface area contributed by atoms with E-state index in [2.05, 4.69) is 0 Å². The van der Waals surface area contributed by atoms with Gasteiger partial charge < -0.3 is 4.84 Å². The molecule has 1 aliphatic rings. The summed E-state index contributed by atoms with van der Waals surface area (Å²) in [7, 11) is 0. The van der Waals surface area contributed by atoms with Gasteiger partial charge in [0.2, 0.25) is 0 Å². The Kier molecular flexibility index (Phi) is 4.19. The molecule has 23 heavy (non-hydrogen) atoms. The van der Waals surface area contributed by atoms with Gasteiger partial charge in [0.15, 0.2) is 0 Å². The molecule has 1 fully saturated rings. The summed E-state index contributed by atoms with van der Waals surface area (Å²) in [6.07, 6.45) is 0.934. The lowest BCUT2D eigenvalue weighted by molar-refractivity contribution is -0.172. The Morgan fingerprint density at radius 1 is 0.870 bits per heavy atom. The van der Waals surface area contributed by atoms with Crippen molar-refractivity contribution in [1.29, 1.82) is 0 Å². The molecule has 0 spiro atoms. The fourth-order valence-corrected chi connectivity index (χ4v) is 2.38. The van der Waals surface area contributed by atoms with E-state index in [0.717, 1.165) is 12.0 Å². The maximum Gasteiger partial charge on any atom is 0.363 e. The van der Waals surface area contributed by atoms with Gasteiger partial charge >= 0.3 is 5.97 Å². The van der Waals surface area contributed by atoms with E-state index in [0.29, 0.717) is 10.6 Å². The van der Waals surface area contributed by atoms with Crippen LogP contribution >= 0.6 is 0 Å². The van der Waals surface area contributed by atoms with Gasteiger partial charge in [-0.25, -0.2) is 4.79 Å². The predicted octanol–water partition coefficient (Wildman–Crippen LogP) is 2.50. The molecule has 1 heterocycles. The average Bonchev–Trinajstić information content (AvgIpc) is 2.88. The first-order valence-corrected chi connectivity index (χ1v) is 7.34. The van der Waals surface area contributed by atoms with Crippen molar-refractivity contribution in [2.45, 2.75) is 19.3 Å². The summed E-state index contributed by atoms with van der Waals surface area (Å²) < 4.78 is 0. The van der Waals surface area contributed by atoms with Crippen LogP contribution in [-0.2, 0) is 20.8 Å². The van der Waals surface area contributed by atoms with Crippen LogP contribution in [0.25, 0.3) is 0 Å². The van der Waals surface area contributed by atoms with Crippen LogP contribution in [0.3, 0.4) is 0 Å². The Hall–Kier alpha value is -2.95. The molecule has 2 aromatic rings. The number of carbonyl (C=O) groups is 3. The lowest BCUT2D eigenvalue weighted by atomic mass is 10.0. The number of hydrogen-bond acceptors (Lipinski definition) is 4. The fourth-order valence-electron chi connectivity index (χ4n) is 2.38. The maximum atomic E-state index is 12.0. The monoisotopic (exact) mass is 309 g/mol. The highest BCUT2D eigenvalue weighted by atomic mass is 16.7. The first-order valence-electron chi connectivity index (χ1n) is 7.34. The molecular weight excluding hydrogens is 294 g/mol. The van der Waals surface area contributed by atoms with Gasteiger partial charge in [-0.15, -0.1) is 5.06 Å². The zero-order chi connectivity index (χ0) is 16.2. The van der Waals surface area contributed by atoms with Crippen molar-refractivity contribution in [3.05, 3.63) is 71.3 Å². The standard InChI is InChI=1S/C18H15NO4/c20-16-10-11-17(21)19(16)23-18(22)15-8-6-14(7-9-15)12-13-4-2-1-3-5-13/h1-9H,10-12H2. The largest absolute Gasteiger partial charge is 0.363 e. The summed E-state index contributed by atoms with van der Waals surface area (Å²) in [5, 5.41) is 0.556. The molecule has 0 aliphatic carbocycles. The summed E-state index contributed by atoms with van der Waals surface area (Å²) in [6.45, 7) is 0. The van der Waals surface area contributed by atoms with Crippen LogP contribution in [0.2, 0.25) is 0 Å². The van der Waals surface area contributed by atoms with E-state index >= 15 is 0 Å². The summed E-state index contributed by atoms with van der Waals surface area (Å²) in [5.41, 5.74) is 2.53. The fraction of sp³-hybridized carbons (Fsp3) is 0.167. The van der Waals surface area contributed by atoms with Crippen LogP contribution in [0.1, 0.15) is 34.3 Å². The van der Waals surface area contributed by atoms with Crippen molar-refractivity contribution in [2.24, 2.45) is 0 Å². The zero-order valence-corrected chi connectivity index (χ0v) is 12.4. The highest BCUT2D eigenvalue weighted by Gasteiger charge is 2.33. The van der Waals surface area contributed by atoms with E-state index in [1.165, 1.54) is 5.56 Å². The maximum absolute atomic E-state index is 12.0. The lowest BCUT2D eigenvalue weighted by Gasteiger charge is -2.12. The number of imide groups is 1. The lowest BCUT2D eigenvalue weighted by Crippen LogP contribution is -2.32. The van der Waals surface area contributed by atoms with Gasteiger partial charge in [0.25, 0.3) is 11.8 Å². The van der Waals surface area contributed by atoms with E-state index in [1.807, 2.05) is 42.5 Å². The number of hydroxylamine groups is 2. The summed E-state index contributed by atoms with van der Waals surface area (Å²) in [6, 6.07) is 16.9. The van der Waals surface area contributed by atoms with Crippen molar-refractivity contribution in [1.82, 2.24) is 5.06 Å². The van der Waals surface area contributed by atoms with Crippen LogP contribution < -0.4 is 0 Å². The van der Waals surface area contributed by atoms with Crippen molar-refractivity contribution >= 4 is 17.8 Å². The van der Waals surface area contributed by atoms with E-state index in [9.17, 15) is 14.4 Å². The van der Waals surface area contributed by atoms with E-state index in [4.69, 9.17) is 4.84 Å². The molecule has 0 aromatic heterocycles. The number of benzene rings is 2. The zero-order valence-electron chi connectivity index (χ0n) is 12.4. The van der Waals surface area contributed by atoms with E-state index in [-0.39, 0.29) is 12.8 Å². The molecule has 0 atom stereocenters. The van der Waals surface area contributed by atoms with Gasteiger partial charge in [-0.2, -0.15) is 0 Å². The van der Waals surface area contributed by atoms with Crippen LogP contribution in [0.5, 0.6) is 0 Å². The Bertz CT molecular complexity index is 721. The molecule has 0 saturated carbocycles. The molecule has 0 N–H and O–H groups in total. The topological polar surface area (TPSA) is 63.7 Å². The second-order valence-corrected chi connectivity index (χ2v) is 5.32. The molecule has 1 aliphatic heterocycles. The summed E-state index contributed by atoms with van der Waals surface area (Å²) in [4.78, 5) is 39.7. The van der Waals surface area contributed by atoms with Gasteiger partial charge in [-0.3, -0.25) is 9.59 Å². The minimum atomic E-state index is -0.708. The predicted molar refractivity (Wildman–Crippen MR) is 82.2 cm³/mol. The van der Waals surface area contributed by atoms with Gasteiger partial charge in [-0.1, -0.05) is 42.5 Å². The van der Waals surface area contributed by atoms with Crippen LogP contribution in [0.15, 0.2) is 54.6 Å². The van der Waals surface area contributed by atoms with Crippen LogP contribution in [0, 0.1) is 0 Å². The Morgan fingerprint density at radius 2 is 1.43 bits per heavy atom. The van der Waals surface area contributed by atoms with E-state index in [1.54, 1.807) is 12.1 Å². The number of amides is 2. The van der Waals surface area contributed by atoms with Crippen LogP contribution in [0.4, 0.5) is 0 Å². The Morgan fingerprint density at radius 3 is 2.04 bits per heavy atom. The highest BCUT2D eigenvalue weighted by molar-refractivity contribution is 6.02. The van der Waals surface area contributed by atoms with E-state index < -0.39 is 17.8 Å². The molecule has 1 saturated heterocycles. The number of carbonyl (C=O) groups excluding carboxylic acids is 3. The van der Waals surface area contributed by atoms with Crippen molar-refractivity contribution in [2.75, 3.05) is 0 Å². The second-order valence-electron chi connectivity index (χ2n) is 5.32. The SMILES string of the molecule is O=C(ON1C(=O)CCC1=O)c1ccc(Cc2ccccc2)cc1. The third-order valence-corrected chi connectivity index (χ3v) is 3.62. The third-order valence-electron chi connectivity index (χ3n) is 3.62. The first-order chi connectivity index (χ1) is 11.1. The normalized spacial score (nSPS) is 14.2. The Balaban J connectivity index is 1.66. The number of rotatable bonds is 4. The average molecular weight is 309 g/mol. The van der Waals surface area contributed by atoms with Crippen molar-refractivity contribution < 1.29 is 19.2 Å². The summed E-state index contributed by atoms with van der Waals surface area (Å²) >= 11 is 0. The first kappa shape index (κ1) is 15.0. The minimum Gasteiger partial charge on any atom is -0.325 e. The molecule has 2 aromatic carbocycles. The minimum absolute atomic E-state index is 0.0854.